The van der Waals surface area contributed by atoms with Crippen LogP contribution in [0.25, 0.3) is 0 Å². The largest absolute Gasteiger partial charge is 0.392 e. The lowest BCUT2D eigenvalue weighted by Crippen LogP contribution is -2.24. The van der Waals surface area contributed by atoms with Crippen molar-refractivity contribution in [3.05, 3.63) is 30.1 Å². The molecule has 0 saturated heterocycles. The average Bonchev–Trinajstić information content (AvgIpc) is 2.26. The van der Waals surface area contributed by atoms with Crippen molar-refractivity contribution < 1.29 is 9.90 Å². The van der Waals surface area contributed by atoms with Gasteiger partial charge in [0.05, 0.1) is 6.10 Å². The SMILES string of the molecule is CC(=O)[C@@H](C)[C@H](O)CCc1cccnc1. The third-order valence-corrected chi connectivity index (χ3v) is 2.67. The molecule has 0 aliphatic carbocycles. The van der Waals surface area contributed by atoms with E-state index in [4.69, 9.17) is 0 Å². The quantitative estimate of drug-likeness (QED) is 0.797. The molecule has 1 heterocycles. The average molecular weight is 207 g/mol. The fourth-order valence-electron chi connectivity index (χ4n) is 1.38. The van der Waals surface area contributed by atoms with Crippen molar-refractivity contribution in [2.24, 2.45) is 5.92 Å². The van der Waals surface area contributed by atoms with Gasteiger partial charge in [0.25, 0.3) is 0 Å². The fraction of sp³-hybridized carbons (Fsp3) is 0.500. The molecule has 0 saturated carbocycles. The van der Waals surface area contributed by atoms with Crippen LogP contribution < -0.4 is 0 Å². The molecule has 1 N–H and O–H groups in total. The van der Waals surface area contributed by atoms with Crippen molar-refractivity contribution >= 4 is 5.78 Å². The summed E-state index contributed by atoms with van der Waals surface area (Å²) in [5.41, 5.74) is 1.09. The summed E-state index contributed by atoms with van der Waals surface area (Å²) in [5, 5.41) is 9.71. The van der Waals surface area contributed by atoms with Gasteiger partial charge in [-0.2, -0.15) is 0 Å². The normalized spacial score (nSPS) is 14.6. The number of aliphatic hydroxyl groups is 1. The summed E-state index contributed by atoms with van der Waals surface area (Å²) in [6, 6.07) is 3.84. The molecule has 3 heteroatoms. The third kappa shape index (κ3) is 3.80. The number of rotatable bonds is 5. The number of ketones is 1. The van der Waals surface area contributed by atoms with Crippen molar-refractivity contribution in [3.63, 3.8) is 0 Å². The number of aliphatic hydroxyl groups excluding tert-OH is 1. The molecule has 0 spiro atoms. The summed E-state index contributed by atoms with van der Waals surface area (Å²) in [7, 11) is 0. The van der Waals surface area contributed by atoms with Gasteiger partial charge < -0.3 is 5.11 Å². The van der Waals surface area contributed by atoms with E-state index < -0.39 is 6.10 Å². The minimum Gasteiger partial charge on any atom is -0.392 e. The van der Waals surface area contributed by atoms with Crippen molar-refractivity contribution in [1.82, 2.24) is 4.98 Å². The summed E-state index contributed by atoms with van der Waals surface area (Å²) in [5.74, 6) is -0.240. The van der Waals surface area contributed by atoms with Gasteiger partial charge in [-0.15, -0.1) is 0 Å². The molecule has 0 bridgehead atoms. The maximum Gasteiger partial charge on any atom is 0.135 e. The van der Waals surface area contributed by atoms with Gasteiger partial charge in [0.2, 0.25) is 0 Å². The molecule has 3 nitrogen and oxygen atoms in total. The number of carbonyl (C=O) groups is 1. The maximum atomic E-state index is 11.0. The van der Waals surface area contributed by atoms with E-state index in [1.807, 2.05) is 12.1 Å². The smallest absolute Gasteiger partial charge is 0.135 e. The Morgan fingerprint density at radius 1 is 1.60 bits per heavy atom. The summed E-state index contributed by atoms with van der Waals surface area (Å²) < 4.78 is 0. The Kier molecular flexibility index (Phi) is 4.43. The molecular formula is C12H17NO2. The van der Waals surface area contributed by atoms with Crippen LogP contribution in [0.3, 0.4) is 0 Å². The first-order valence-electron chi connectivity index (χ1n) is 5.18. The van der Waals surface area contributed by atoms with Gasteiger partial charge in [-0.3, -0.25) is 9.78 Å². The van der Waals surface area contributed by atoms with E-state index in [-0.39, 0.29) is 11.7 Å². The number of aryl methyl sites for hydroxylation is 1. The summed E-state index contributed by atoms with van der Waals surface area (Å²) >= 11 is 0. The Labute approximate surface area is 90.2 Å². The van der Waals surface area contributed by atoms with Gasteiger partial charge >= 0.3 is 0 Å². The first kappa shape index (κ1) is 11.9. The molecule has 0 radical (unpaired) electrons. The van der Waals surface area contributed by atoms with E-state index in [1.54, 1.807) is 19.3 Å². The minimum absolute atomic E-state index is 0.0358. The van der Waals surface area contributed by atoms with E-state index in [0.717, 1.165) is 12.0 Å². The van der Waals surface area contributed by atoms with Crippen molar-refractivity contribution in [1.29, 1.82) is 0 Å². The highest BCUT2D eigenvalue weighted by Gasteiger charge is 2.17. The number of pyridine rings is 1. The van der Waals surface area contributed by atoms with Crippen molar-refractivity contribution in [3.8, 4) is 0 Å². The second-order valence-corrected chi connectivity index (χ2v) is 3.87. The van der Waals surface area contributed by atoms with Gasteiger partial charge in [-0.05, 0) is 31.4 Å². The lowest BCUT2D eigenvalue weighted by atomic mass is 9.95. The van der Waals surface area contributed by atoms with Crippen LogP contribution in [0.15, 0.2) is 24.5 Å². The third-order valence-electron chi connectivity index (χ3n) is 2.67. The van der Waals surface area contributed by atoms with Gasteiger partial charge in [0, 0.05) is 18.3 Å². The van der Waals surface area contributed by atoms with Gasteiger partial charge in [0.15, 0.2) is 0 Å². The van der Waals surface area contributed by atoms with Crippen LogP contribution in [0, 0.1) is 5.92 Å². The molecule has 0 aliphatic rings. The Morgan fingerprint density at radius 2 is 2.33 bits per heavy atom. The zero-order chi connectivity index (χ0) is 11.3. The zero-order valence-corrected chi connectivity index (χ0v) is 9.18. The standard InChI is InChI=1S/C12H17NO2/c1-9(10(2)14)12(15)6-5-11-4-3-7-13-8-11/h3-4,7-9,12,15H,5-6H2,1-2H3/t9-,12-/m1/s1. The highest BCUT2D eigenvalue weighted by molar-refractivity contribution is 5.78. The number of nitrogens with zero attached hydrogens (tertiary/aromatic N) is 1. The lowest BCUT2D eigenvalue weighted by molar-refractivity contribution is -0.123. The molecule has 1 rings (SSSR count). The Bertz CT molecular complexity index is 311. The van der Waals surface area contributed by atoms with Crippen LogP contribution in [-0.2, 0) is 11.2 Å². The van der Waals surface area contributed by atoms with Gasteiger partial charge in [-0.1, -0.05) is 13.0 Å². The topological polar surface area (TPSA) is 50.2 Å². The van der Waals surface area contributed by atoms with Crippen LogP contribution in [-0.4, -0.2) is 22.0 Å². The van der Waals surface area contributed by atoms with Crippen LogP contribution in [0.1, 0.15) is 25.8 Å². The fourth-order valence-corrected chi connectivity index (χ4v) is 1.38. The molecule has 0 aliphatic heterocycles. The first-order valence-corrected chi connectivity index (χ1v) is 5.18. The molecule has 82 valence electrons. The lowest BCUT2D eigenvalue weighted by Gasteiger charge is -2.15. The molecular weight excluding hydrogens is 190 g/mol. The monoisotopic (exact) mass is 207 g/mol. The van der Waals surface area contributed by atoms with E-state index in [9.17, 15) is 9.90 Å². The van der Waals surface area contributed by atoms with Crippen LogP contribution in [0.5, 0.6) is 0 Å². The predicted octanol–water partition coefficient (Wildman–Crippen LogP) is 1.60. The molecule has 0 aromatic carbocycles. The highest BCUT2D eigenvalue weighted by atomic mass is 16.3. The van der Waals surface area contributed by atoms with Crippen molar-refractivity contribution in [2.75, 3.05) is 0 Å². The molecule has 2 atom stereocenters. The highest BCUT2D eigenvalue weighted by Crippen LogP contribution is 2.11. The van der Waals surface area contributed by atoms with Crippen LogP contribution >= 0.6 is 0 Å². The second kappa shape index (κ2) is 5.61. The minimum atomic E-state index is -0.553. The predicted molar refractivity (Wildman–Crippen MR) is 58.4 cm³/mol. The molecule has 0 unspecified atom stereocenters. The van der Waals surface area contributed by atoms with Crippen LogP contribution in [0.2, 0.25) is 0 Å². The number of hydrogen-bond acceptors (Lipinski definition) is 3. The molecule has 0 amide bonds. The molecule has 15 heavy (non-hydrogen) atoms. The van der Waals surface area contributed by atoms with E-state index in [2.05, 4.69) is 4.98 Å². The number of Topliss-reactive ketones (excluding diaryl/α,β-unsaturated/α-hetero) is 1. The first-order chi connectivity index (χ1) is 7.11. The zero-order valence-electron chi connectivity index (χ0n) is 9.18. The van der Waals surface area contributed by atoms with Crippen molar-refractivity contribution in [2.45, 2.75) is 32.8 Å². The summed E-state index contributed by atoms with van der Waals surface area (Å²) in [4.78, 5) is 15.0. The second-order valence-electron chi connectivity index (χ2n) is 3.87. The summed E-state index contributed by atoms with van der Waals surface area (Å²) in [6.45, 7) is 3.27. The summed E-state index contributed by atoms with van der Waals surface area (Å²) in [6.07, 6.45) is 4.31. The molecule has 0 fully saturated rings. The molecule has 1 aromatic rings. The maximum absolute atomic E-state index is 11.0. The van der Waals surface area contributed by atoms with Crippen LogP contribution in [0.4, 0.5) is 0 Å². The Balaban J connectivity index is 2.41. The van der Waals surface area contributed by atoms with Gasteiger partial charge in [-0.25, -0.2) is 0 Å². The number of aromatic nitrogens is 1. The van der Waals surface area contributed by atoms with E-state index in [0.29, 0.717) is 6.42 Å². The number of carbonyl (C=O) groups excluding carboxylic acids is 1. The number of hydrogen-bond donors (Lipinski definition) is 1. The van der Waals surface area contributed by atoms with E-state index in [1.165, 1.54) is 6.92 Å². The van der Waals surface area contributed by atoms with Gasteiger partial charge in [0.1, 0.15) is 5.78 Å². The molecule has 1 aromatic heterocycles. The Morgan fingerprint density at radius 3 is 2.87 bits per heavy atom. The van der Waals surface area contributed by atoms with E-state index >= 15 is 0 Å². The Hall–Kier alpha value is -1.22.